The number of carbonyl (C=O) groups is 1. The van der Waals surface area contributed by atoms with E-state index in [1.807, 2.05) is 43.3 Å². The summed E-state index contributed by atoms with van der Waals surface area (Å²) in [4.78, 5) is 15.9. The van der Waals surface area contributed by atoms with Crippen molar-refractivity contribution >= 4 is 22.2 Å². The Morgan fingerprint density at radius 1 is 1.18 bits per heavy atom. The number of amides is 1. The molecule has 28 heavy (non-hydrogen) atoms. The molecule has 0 radical (unpaired) electrons. The molecule has 1 aliphatic rings. The highest BCUT2D eigenvalue weighted by Crippen LogP contribution is 2.39. The molecule has 3 heterocycles. The lowest BCUT2D eigenvalue weighted by Gasteiger charge is -2.28. The fourth-order valence-electron chi connectivity index (χ4n) is 3.40. The van der Waals surface area contributed by atoms with Crippen LogP contribution in [0.25, 0.3) is 11.1 Å². The molecule has 1 atom stereocenters. The van der Waals surface area contributed by atoms with E-state index in [4.69, 9.17) is 9.15 Å². The van der Waals surface area contributed by atoms with Gasteiger partial charge in [-0.05, 0) is 30.7 Å². The summed E-state index contributed by atoms with van der Waals surface area (Å²) in [5.74, 6) is 0.832. The molecule has 1 aromatic carbocycles. The van der Waals surface area contributed by atoms with Crippen LogP contribution >= 0.6 is 11.3 Å². The Balaban J connectivity index is 1.56. The molecule has 0 saturated carbocycles. The fraction of sp³-hybridized carbons (Fsp3) is 0.318. The van der Waals surface area contributed by atoms with Crippen molar-refractivity contribution in [2.75, 3.05) is 31.2 Å². The second-order valence-electron chi connectivity index (χ2n) is 6.95. The monoisotopic (exact) mass is 396 g/mol. The molecule has 1 N–H and O–H groups in total. The van der Waals surface area contributed by atoms with E-state index in [-0.39, 0.29) is 11.9 Å². The van der Waals surface area contributed by atoms with Crippen molar-refractivity contribution in [2.45, 2.75) is 19.4 Å². The Labute approximate surface area is 168 Å². The normalized spacial score (nSPS) is 15.4. The first-order valence-electron chi connectivity index (χ1n) is 9.56. The van der Waals surface area contributed by atoms with Crippen LogP contribution in [-0.2, 0) is 11.2 Å². The van der Waals surface area contributed by atoms with Crippen LogP contribution in [0.4, 0.5) is 5.00 Å². The van der Waals surface area contributed by atoms with Gasteiger partial charge in [-0.25, -0.2) is 0 Å². The van der Waals surface area contributed by atoms with Crippen molar-refractivity contribution < 1.29 is 13.9 Å². The van der Waals surface area contributed by atoms with Crippen LogP contribution in [0.2, 0.25) is 0 Å². The minimum Gasteiger partial charge on any atom is -0.469 e. The third-order valence-electron chi connectivity index (χ3n) is 4.78. The number of rotatable bonds is 6. The number of thiophene rings is 1. The maximum absolute atomic E-state index is 12.9. The van der Waals surface area contributed by atoms with E-state index in [2.05, 4.69) is 22.3 Å². The van der Waals surface area contributed by atoms with Crippen LogP contribution in [0, 0.1) is 0 Å². The first kappa shape index (κ1) is 18.8. The topological polar surface area (TPSA) is 54.7 Å². The van der Waals surface area contributed by atoms with Crippen LogP contribution < -0.4 is 10.2 Å². The minimum absolute atomic E-state index is 0.00670. The smallest absolute Gasteiger partial charge is 0.261 e. The number of hydrogen-bond acceptors (Lipinski definition) is 5. The largest absolute Gasteiger partial charge is 0.469 e. The lowest BCUT2D eigenvalue weighted by atomic mass is 10.1. The number of furan rings is 1. The highest BCUT2D eigenvalue weighted by atomic mass is 32.1. The molecule has 1 amide bonds. The van der Waals surface area contributed by atoms with Gasteiger partial charge < -0.3 is 19.4 Å². The Morgan fingerprint density at radius 2 is 1.96 bits per heavy atom. The zero-order chi connectivity index (χ0) is 19.3. The Hall–Kier alpha value is -2.57. The first-order chi connectivity index (χ1) is 13.7. The lowest BCUT2D eigenvalue weighted by Crippen LogP contribution is -2.36. The third kappa shape index (κ3) is 4.29. The number of hydrogen-bond donors (Lipinski definition) is 1. The van der Waals surface area contributed by atoms with Crippen LogP contribution in [-0.4, -0.2) is 38.3 Å². The molecular formula is C22H24N2O3S. The van der Waals surface area contributed by atoms with E-state index in [9.17, 15) is 4.79 Å². The van der Waals surface area contributed by atoms with Gasteiger partial charge in [0, 0.05) is 31.1 Å². The highest BCUT2D eigenvalue weighted by molar-refractivity contribution is 7.18. The van der Waals surface area contributed by atoms with Gasteiger partial charge in [-0.15, -0.1) is 11.3 Å². The second kappa shape index (κ2) is 8.63. The number of nitrogens with zero attached hydrogens (tertiary/aromatic N) is 1. The minimum atomic E-state index is -0.0410. The molecule has 6 heteroatoms. The van der Waals surface area contributed by atoms with Gasteiger partial charge in [-0.1, -0.05) is 30.3 Å². The highest BCUT2D eigenvalue weighted by Gasteiger charge is 2.22. The van der Waals surface area contributed by atoms with Gasteiger partial charge in [-0.3, -0.25) is 4.79 Å². The summed E-state index contributed by atoms with van der Waals surface area (Å²) in [7, 11) is 0. The molecule has 0 aliphatic carbocycles. The number of nitrogens with one attached hydrogen (secondary N) is 1. The first-order valence-corrected chi connectivity index (χ1v) is 10.4. The maximum atomic E-state index is 12.9. The molecule has 4 rings (SSSR count). The summed E-state index contributed by atoms with van der Waals surface area (Å²) in [6.07, 6.45) is 2.33. The van der Waals surface area contributed by atoms with E-state index < -0.39 is 0 Å². The Kier molecular flexibility index (Phi) is 5.78. The van der Waals surface area contributed by atoms with E-state index in [1.54, 1.807) is 17.6 Å². The van der Waals surface area contributed by atoms with E-state index in [1.165, 1.54) is 0 Å². The number of anilines is 1. The number of ether oxygens (including phenoxy) is 1. The average molecular weight is 397 g/mol. The molecule has 5 nitrogen and oxygen atoms in total. The van der Waals surface area contributed by atoms with Gasteiger partial charge in [0.25, 0.3) is 5.91 Å². The average Bonchev–Trinajstić information content (AvgIpc) is 3.39. The molecule has 0 bridgehead atoms. The molecule has 2 aromatic heterocycles. The molecule has 146 valence electrons. The summed E-state index contributed by atoms with van der Waals surface area (Å²) in [6.45, 7) is 5.11. The van der Waals surface area contributed by atoms with E-state index >= 15 is 0 Å². The van der Waals surface area contributed by atoms with Crippen molar-refractivity contribution in [1.82, 2.24) is 5.32 Å². The van der Waals surface area contributed by atoms with Crippen LogP contribution in [0.3, 0.4) is 0 Å². The van der Waals surface area contributed by atoms with Crippen molar-refractivity contribution in [3.05, 3.63) is 65.4 Å². The van der Waals surface area contributed by atoms with Crippen LogP contribution in [0.15, 0.2) is 59.2 Å². The molecule has 0 spiro atoms. The molecule has 1 unspecified atom stereocenters. The van der Waals surface area contributed by atoms with E-state index in [0.29, 0.717) is 19.6 Å². The summed E-state index contributed by atoms with van der Waals surface area (Å²) in [6, 6.07) is 16.0. The molecule has 1 saturated heterocycles. The predicted molar refractivity (Wildman–Crippen MR) is 112 cm³/mol. The molecular weight excluding hydrogens is 372 g/mol. The Bertz CT molecular complexity index is 899. The summed E-state index contributed by atoms with van der Waals surface area (Å²) < 4.78 is 10.9. The number of morpholine rings is 1. The Morgan fingerprint density at radius 3 is 2.68 bits per heavy atom. The van der Waals surface area contributed by atoms with Gasteiger partial charge >= 0.3 is 0 Å². The van der Waals surface area contributed by atoms with Crippen molar-refractivity contribution in [3.63, 3.8) is 0 Å². The predicted octanol–water partition coefficient (Wildman–Crippen LogP) is 4.21. The number of benzene rings is 1. The zero-order valence-electron chi connectivity index (χ0n) is 15.9. The quantitative estimate of drug-likeness (QED) is 0.678. The summed E-state index contributed by atoms with van der Waals surface area (Å²) in [5.41, 5.74) is 2.24. The third-order valence-corrected chi connectivity index (χ3v) is 5.98. The number of carbonyl (C=O) groups excluding carboxylic acids is 1. The summed E-state index contributed by atoms with van der Waals surface area (Å²) in [5, 5.41) is 4.24. The maximum Gasteiger partial charge on any atom is 0.261 e. The van der Waals surface area contributed by atoms with Crippen LogP contribution in [0.5, 0.6) is 0 Å². The van der Waals surface area contributed by atoms with Gasteiger partial charge in [-0.2, -0.15) is 0 Å². The van der Waals surface area contributed by atoms with Gasteiger partial charge in [0.05, 0.1) is 29.4 Å². The summed E-state index contributed by atoms with van der Waals surface area (Å²) >= 11 is 1.55. The van der Waals surface area contributed by atoms with E-state index in [0.717, 1.165) is 39.9 Å². The van der Waals surface area contributed by atoms with Crippen LogP contribution in [0.1, 0.15) is 22.4 Å². The standard InChI is InChI=1S/C22H24N2O3S/c1-16(14-18-8-5-11-27-18)23-21(25)20-15-19(17-6-3-2-4-7-17)22(28-20)24-9-12-26-13-10-24/h2-8,11,15-16H,9-10,12-14H2,1H3,(H,23,25). The van der Waals surface area contributed by atoms with Crippen molar-refractivity contribution in [1.29, 1.82) is 0 Å². The second-order valence-corrected chi connectivity index (χ2v) is 7.98. The molecule has 1 fully saturated rings. The van der Waals surface area contributed by atoms with Gasteiger partial charge in [0.1, 0.15) is 5.76 Å². The fourth-order valence-corrected chi connectivity index (χ4v) is 4.53. The SMILES string of the molecule is CC(Cc1ccco1)NC(=O)c1cc(-c2ccccc2)c(N2CCOCC2)s1. The molecule has 1 aliphatic heterocycles. The lowest BCUT2D eigenvalue weighted by molar-refractivity contribution is 0.0943. The molecule has 3 aromatic rings. The van der Waals surface area contributed by atoms with Gasteiger partial charge in [0.15, 0.2) is 0 Å². The zero-order valence-corrected chi connectivity index (χ0v) is 16.7. The van der Waals surface area contributed by atoms with Crippen molar-refractivity contribution in [2.24, 2.45) is 0 Å². The van der Waals surface area contributed by atoms with Gasteiger partial charge in [0.2, 0.25) is 0 Å². The van der Waals surface area contributed by atoms with Crippen molar-refractivity contribution in [3.8, 4) is 11.1 Å².